The number of hydrogen-bond acceptors (Lipinski definition) is 2. The summed E-state index contributed by atoms with van der Waals surface area (Å²) in [5.74, 6) is -0.921. The van der Waals surface area contributed by atoms with Gasteiger partial charge < -0.3 is 10.4 Å². The van der Waals surface area contributed by atoms with E-state index in [-0.39, 0.29) is 0 Å². The number of carboxylic acids is 1. The number of benzene rings is 2. The number of anilines is 1. The van der Waals surface area contributed by atoms with E-state index < -0.39 is 12.0 Å². The highest BCUT2D eigenvalue weighted by molar-refractivity contribution is 6.30. The van der Waals surface area contributed by atoms with Crippen LogP contribution in [-0.4, -0.2) is 11.1 Å². The molecule has 0 saturated heterocycles. The monoisotopic (exact) mass is 289 g/mol. The van der Waals surface area contributed by atoms with Crippen LogP contribution in [-0.2, 0) is 4.79 Å². The molecule has 3 nitrogen and oxygen atoms in total. The van der Waals surface area contributed by atoms with Crippen molar-refractivity contribution in [1.82, 2.24) is 0 Å². The Labute approximate surface area is 123 Å². The van der Waals surface area contributed by atoms with Crippen molar-refractivity contribution in [3.8, 4) is 0 Å². The van der Waals surface area contributed by atoms with E-state index in [1.54, 1.807) is 24.3 Å². The van der Waals surface area contributed by atoms with E-state index in [0.717, 1.165) is 16.7 Å². The van der Waals surface area contributed by atoms with Crippen LogP contribution < -0.4 is 5.32 Å². The average molecular weight is 290 g/mol. The molecule has 0 aromatic heterocycles. The Morgan fingerprint density at radius 2 is 1.80 bits per heavy atom. The van der Waals surface area contributed by atoms with E-state index in [1.165, 1.54) is 0 Å². The first kappa shape index (κ1) is 14.4. The molecule has 0 bridgehead atoms. The minimum absolute atomic E-state index is 0.569. The van der Waals surface area contributed by atoms with Crippen molar-refractivity contribution in [3.63, 3.8) is 0 Å². The summed E-state index contributed by atoms with van der Waals surface area (Å²) in [6, 6.07) is 12.0. The maximum atomic E-state index is 11.5. The van der Waals surface area contributed by atoms with Crippen molar-refractivity contribution >= 4 is 23.3 Å². The number of carboxylic acid groups (broad SMARTS) is 1. The standard InChI is InChI=1S/C16H16ClNO2/c1-10-6-11(2)8-12(7-10)15(16(19)20)18-14-5-3-4-13(17)9-14/h3-9,15,18H,1-2H3,(H,19,20). The third-order valence-corrected chi connectivity index (χ3v) is 3.20. The fraction of sp³-hybridized carbons (Fsp3) is 0.188. The van der Waals surface area contributed by atoms with Crippen molar-refractivity contribution in [2.75, 3.05) is 5.32 Å². The summed E-state index contributed by atoms with van der Waals surface area (Å²) >= 11 is 5.92. The lowest BCUT2D eigenvalue weighted by molar-refractivity contribution is -0.138. The Bertz CT molecular complexity index is 620. The third-order valence-electron chi connectivity index (χ3n) is 2.96. The smallest absolute Gasteiger partial charge is 0.330 e. The molecule has 2 rings (SSSR count). The lowest BCUT2D eigenvalue weighted by Crippen LogP contribution is -2.20. The Morgan fingerprint density at radius 1 is 1.15 bits per heavy atom. The van der Waals surface area contributed by atoms with Gasteiger partial charge in [0.1, 0.15) is 0 Å². The third kappa shape index (κ3) is 3.52. The fourth-order valence-electron chi connectivity index (χ4n) is 2.21. The molecular weight excluding hydrogens is 274 g/mol. The second-order valence-corrected chi connectivity index (χ2v) is 5.28. The van der Waals surface area contributed by atoms with Gasteiger partial charge in [-0.05, 0) is 37.6 Å². The van der Waals surface area contributed by atoms with Crippen LogP contribution in [0.4, 0.5) is 5.69 Å². The van der Waals surface area contributed by atoms with Gasteiger partial charge in [0.2, 0.25) is 0 Å². The molecule has 4 heteroatoms. The quantitative estimate of drug-likeness (QED) is 0.887. The van der Waals surface area contributed by atoms with Crippen LogP contribution >= 0.6 is 11.6 Å². The number of carbonyl (C=O) groups is 1. The zero-order chi connectivity index (χ0) is 14.7. The molecule has 2 N–H and O–H groups in total. The molecule has 104 valence electrons. The molecule has 0 spiro atoms. The first-order valence-electron chi connectivity index (χ1n) is 6.29. The van der Waals surface area contributed by atoms with Crippen LogP contribution in [0, 0.1) is 13.8 Å². The summed E-state index contributed by atoms with van der Waals surface area (Å²) in [4.78, 5) is 11.5. The van der Waals surface area contributed by atoms with E-state index in [2.05, 4.69) is 5.32 Å². The zero-order valence-corrected chi connectivity index (χ0v) is 12.1. The first-order valence-corrected chi connectivity index (χ1v) is 6.66. The highest BCUT2D eigenvalue weighted by Gasteiger charge is 2.20. The van der Waals surface area contributed by atoms with Gasteiger partial charge in [-0.25, -0.2) is 4.79 Å². The highest BCUT2D eigenvalue weighted by atomic mass is 35.5. The van der Waals surface area contributed by atoms with E-state index in [4.69, 9.17) is 11.6 Å². The van der Waals surface area contributed by atoms with Crippen molar-refractivity contribution in [3.05, 3.63) is 64.2 Å². The summed E-state index contributed by atoms with van der Waals surface area (Å²) in [7, 11) is 0. The van der Waals surface area contributed by atoms with Gasteiger partial charge in [0.25, 0.3) is 0 Å². The van der Waals surface area contributed by atoms with Crippen molar-refractivity contribution in [1.29, 1.82) is 0 Å². The molecule has 0 saturated carbocycles. The molecule has 20 heavy (non-hydrogen) atoms. The van der Waals surface area contributed by atoms with E-state index in [1.807, 2.05) is 32.0 Å². The van der Waals surface area contributed by atoms with Gasteiger partial charge in [-0.3, -0.25) is 0 Å². The largest absolute Gasteiger partial charge is 0.479 e. The molecule has 0 aliphatic carbocycles. The second-order valence-electron chi connectivity index (χ2n) is 4.85. The topological polar surface area (TPSA) is 49.3 Å². The van der Waals surface area contributed by atoms with E-state index >= 15 is 0 Å². The lowest BCUT2D eigenvalue weighted by Gasteiger charge is -2.17. The number of halogens is 1. The molecule has 0 aliphatic heterocycles. The molecule has 1 atom stereocenters. The SMILES string of the molecule is Cc1cc(C)cc(C(Nc2cccc(Cl)c2)C(=O)O)c1. The van der Waals surface area contributed by atoms with Crippen LogP contribution in [0.3, 0.4) is 0 Å². The van der Waals surface area contributed by atoms with Gasteiger partial charge in [-0.15, -0.1) is 0 Å². The van der Waals surface area contributed by atoms with Gasteiger partial charge in [0.05, 0.1) is 0 Å². The van der Waals surface area contributed by atoms with E-state index in [9.17, 15) is 9.90 Å². The molecule has 0 heterocycles. The highest BCUT2D eigenvalue weighted by Crippen LogP contribution is 2.24. The van der Waals surface area contributed by atoms with Crippen LogP contribution in [0.5, 0.6) is 0 Å². The summed E-state index contributed by atoms with van der Waals surface area (Å²) in [6.07, 6.45) is 0. The number of aliphatic carboxylic acids is 1. The second kappa shape index (κ2) is 5.97. The molecule has 0 aliphatic rings. The van der Waals surface area contributed by atoms with Gasteiger partial charge in [-0.1, -0.05) is 47.0 Å². The Morgan fingerprint density at radius 3 is 2.35 bits per heavy atom. The van der Waals surface area contributed by atoms with Crippen LogP contribution in [0.2, 0.25) is 5.02 Å². The maximum Gasteiger partial charge on any atom is 0.330 e. The minimum atomic E-state index is -0.921. The maximum absolute atomic E-state index is 11.5. The minimum Gasteiger partial charge on any atom is -0.479 e. The average Bonchev–Trinajstić information content (AvgIpc) is 2.34. The fourth-order valence-corrected chi connectivity index (χ4v) is 2.40. The summed E-state index contributed by atoms with van der Waals surface area (Å²) in [5.41, 5.74) is 3.50. The predicted octanol–water partition coefficient (Wildman–Crippen LogP) is 4.19. The molecule has 2 aromatic carbocycles. The van der Waals surface area contributed by atoms with Gasteiger partial charge in [0.15, 0.2) is 6.04 Å². The predicted molar refractivity (Wildman–Crippen MR) is 81.4 cm³/mol. The Balaban J connectivity index is 2.34. The van der Waals surface area contributed by atoms with Crippen LogP contribution in [0.1, 0.15) is 22.7 Å². The van der Waals surface area contributed by atoms with Gasteiger partial charge in [-0.2, -0.15) is 0 Å². The first-order chi connectivity index (χ1) is 9.45. The summed E-state index contributed by atoms with van der Waals surface area (Å²) in [5, 5.41) is 13.0. The van der Waals surface area contributed by atoms with Gasteiger partial charge >= 0.3 is 5.97 Å². The molecular formula is C16H16ClNO2. The number of hydrogen-bond donors (Lipinski definition) is 2. The molecule has 0 radical (unpaired) electrons. The van der Waals surface area contributed by atoms with Crippen LogP contribution in [0.25, 0.3) is 0 Å². The summed E-state index contributed by atoms with van der Waals surface area (Å²) < 4.78 is 0. The normalized spacial score (nSPS) is 11.9. The zero-order valence-electron chi connectivity index (χ0n) is 11.4. The number of rotatable bonds is 4. The van der Waals surface area contributed by atoms with Crippen molar-refractivity contribution < 1.29 is 9.90 Å². The molecule has 2 aromatic rings. The van der Waals surface area contributed by atoms with Gasteiger partial charge in [0, 0.05) is 10.7 Å². The van der Waals surface area contributed by atoms with Crippen molar-refractivity contribution in [2.45, 2.75) is 19.9 Å². The number of nitrogens with one attached hydrogen (secondary N) is 1. The number of aryl methyl sites for hydroxylation is 2. The Kier molecular flexibility index (Phi) is 4.30. The lowest BCUT2D eigenvalue weighted by atomic mass is 10.0. The van der Waals surface area contributed by atoms with Crippen molar-refractivity contribution in [2.24, 2.45) is 0 Å². The molecule has 0 amide bonds. The molecule has 0 fully saturated rings. The van der Waals surface area contributed by atoms with E-state index in [0.29, 0.717) is 10.7 Å². The summed E-state index contributed by atoms with van der Waals surface area (Å²) in [6.45, 7) is 3.91. The molecule has 1 unspecified atom stereocenters. The Hall–Kier alpha value is -2.00. The van der Waals surface area contributed by atoms with Crippen LogP contribution in [0.15, 0.2) is 42.5 Å².